The Morgan fingerprint density at radius 3 is 2.68 bits per heavy atom. The molecule has 2 atom stereocenters. The first-order valence-corrected chi connectivity index (χ1v) is 9.27. The van der Waals surface area contributed by atoms with Crippen LogP contribution < -0.4 is 5.56 Å². The highest BCUT2D eigenvalue weighted by molar-refractivity contribution is 5.82. The first-order valence-electron chi connectivity index (χ1n) is 9.27. The van der Waals surface area contributed by atoms with Gasteiger partial charge in [-0.25, -0.2) is 4.98 Å². The third-order valence-corrected chi connectivity index (χ3v) is 4.95. The van der Waals surface area contributed by atoms with E-state index in [1.807, 2.05) is 0 Å². The number of para-hydroxylation sites is 1. The SMILES string of the molecule is CC(=O)O[C@H]1CCCN(C(C)=O)C1CC(=O)Cn1cnc2ccccc2c1=O. The van der Waals surface area contributed by atoms with E-state index in [0.717, 1.165) is 0 Å². The van der Waals surface area contributed by atoms with Gasteiger partial charge in [-0.1, -0.05) is 12.1 Å². The first-order chi connectivity index (χ1) is 13.4. The van der Waals surface area contributed by atoms with Crippen LogP contribution in [0.2, 0.25) is 0 Å². The van der Waals surface area contributed by atoms with E-state index in [1.165, 1.54) is 24.7 Å². The summed E-state index contributed by atoms with van der Waals surface area (Å²) < 4.78 is 6.62. The van der Waals surface area contributed by atoms with Crippen molar-refractivity contribution in [3.8, 4) is 0 Å². The van der Waals surface area contributed by atoms with Gasteiger partial charge in [0.25, 0.3) is 5.56 Å². The Morgan fingerprint density at radius 2 is 1.96 bits per heavy atom. The molecule has 1 aliphatic rings. The molecule has 0 bridgehead atoms. The van der Waals surface area contributed by atoms with Crippen molar-refractivity contribution >= 4 is 28.6 Å². The second-order valence-corrected chi connectivity index (χ2v) is 7.01. The number of hydrogen-bond acceptors (Lipinski definition) is 6. The van der Waals surface area contributed by atoms with Crippen molar-refractivity contribution in [1.82, 2.24) is 14.5 Å². The van der Waals surface area contributed by atoms with E-state index in [9.17, 15) is 19.2 Å². The number of aromatic nitrogens is 2. The molecule has 0 radical (unpaired) electrons. The number of likely N-dealkylation sites (tertiary alicyclic amines) is 1. The Morgan fingerprint density at radius 1 is 1.21 bits per heavy atom. The molecule has 0 N–H and O–H groups in total. The number of carbonyl (C=O) groups excluding carboxylic acids is 3. The minimum absolute atomic E-state index is 0.0107. The zero-order chi connectivity index (χ0) is 20.3. The van der Waals surface area contributed by atoms with Crippen LogP contribution >= 0.6 is 0 Å². The number of piperidine rings is 1. The van der Waals surface area contributed by atoms with Crippen molar-refractivity contribution < 1.29 is 19.1 Å². The average molecular weight is 385 g/mol. The summed E-state index contributed by atoms with van der Waals surface area (Å²) in [6.45, 7) is 3.12. The topological polar surface area (TPSA) is 98.6 Å². The van der Waals surface area contributed by atoms with E-state index in [-0.39, 0.29) is 30.2 Å². The fourth-order valence-electron chi connectivity index (χ4n) is 3.71. The van der Waals surface area contributed by atoms with Crippen molar-refractivity contribution in [1.29, 1.82) is 0 Å². The van der Waals surface area contributed by atoms with Crippen LogP contribution in [-0.2, 0) is 25.7 Å². The maximum atomic E-state index is 12.7. The van der Waals surface area contributed by atoms with Gasteiger partial charge in [-0.3, -0.25) is 23.7 Å². The number of amides is 1. The summed E-state index contributed by atoms with van der Waals surface area (Å²) in [5.41, 5.74) is 0.281. The Labute approximate surface area is 162 Å². The van der Waals surface area contributed by atoms with Crippen LogP contribution in [0, 0.1) is 0 Å². The van der Waals surface area contributed by atoms with Gasteiger partial charge in [0.2, 0.25) is 5.91 Å². The molecule has 1 saturated heterocycles. The number of carbonyl (C=O) groups is 3. The predicted octanol–water partition coefficient (Wildman–Crippen LogP) is 1.30. The van der Waals surface area contributed by atoms with E-state index in [2.05, 4.69) is 4.98 Å². The molecule has 2 aromatic rings. The van der Waals surface area contributed by atoms with Crippen molar-refractivity contribution in [2.24, 2.45) is 0 Å². The molecule has 8 nitrogen and oxygen atoms in total. The number of Topliss-reactive ketones (excluding diaryl/α,β-unsaturated/α-hetero) is 1. The Bertz CT molecular complexity index is 968. The lowest BCUT2D eigenvalue weighted by molar-refractivity contribution is -0.158. The molecule has 1 fully saturated rings. The predicted molar refractivity (Wildman–Crippen MR) is 102 cm³/mol. The number of ether oxygens (including phenoxy) is 1. The first kappa shape index (κ1) is 19.7. The molecule has 1 aromatic carbocycles. The maximum Gasteiger partial charge on any atom is 0.302 e. The van der Waals surface area contributed by atoms with Crippen LogP contribution in [0.25, 0.3) is 10.9 Å². The molecule has 28 heavy (non-hydrogen) atoms. The van der Waals surface area contributed by atoms with Gasteiger partial charge >= 0.3 is 5.97 Å². The lowest BCUT2D eigenvalue weighted by Crippen LogP contribution is -2.52. The van der Waals surface area contributed by atoms with Crippen LogP contribution in [0.5, 0.6) is 0 Å². The van der Waals surface area contributed by atoms with Crippen molar-refractivity contribution in [2.75, 3.05) is 6.54 Å². The van der Waals surface area contributed by atoms with Crippen molar-refractivity contribution in [3.05, 3.63) is 40.9 Å². The van der Waals surface area contributed by atoms with E-state index >= 15 is 0 Å². The van der Waals surface area contributed by atoms with Gasteiger partial charge in [-0.05, 0) is 25.0 Å². The summed E-state index contributed by atoms with van der Waals surface area (Å²) in [6, 6.07) is 6.42. The van der Waals surface area contributed by atoms with Gasteiger partial charge in [0.15, 0.2) is 5.78 Å². The Balaban J connectivity index is 1.79. The monoisotopic (exact) mass is 385 g/mol. The van der Waals surface area contributed by atoms with Gasteiger partial charge in [0.1, 0.15) is 6.10 Å². The lowest BCUT2D eigenvalue weighted by Gasteiger charge is -2.40. The number of esters is 1. The van der Waals surface area contributed by atoms with E-state index in [1.54, 1.807) is 29.2 Å². The second-order valence-electron chi connectivity index (χ2n) is 7.01. The normalized spacial score (nSPS) is 19.4. The summed E-state index contributed by atoms with van der Waals surface area (Å²) in [5.74, 6) is -0.837. The molecular formula is C20H23N3O5. The number of benzene rings is 1. The van der Waals surface area contributed by atoms with Crippen LogP contribution in [0.3, 0.4) is 0 Å². The largest absolute Gasteiger partial charge is 0.460 e. The summed E-state index contributed by atoms with van der Waals surface area (Å²) in [7, 11) is 0. The third kappa shape index (κ3) is 4.27. The van der Waals surface area contributed by atoms with Crippen molar-refractivity contribution in [3.63, 3.8) is 0 Å². The van der Waals surface area contributed by atoms with Crippen molar-refractivity contribution in [2.45, 2.75) is 51.8 Å². The molecule has 1 aromatic heterocycles. The number of fused-ring (bicyclic) bond motifs is 1. The molecule has 1 aliphatic heterocycles. The second kappa shape index (κ2) is 8.33. The highest BCUT2D eigenvalue weighted by Crippen LogP contribution is 2.24. The Kier molecular flexibility index (Phi) is 5.87. The smallest absolute Gasteiger partial charge is 0.302 e. The minimum Gasteiger partial charge on any atom is -0.460 e. The van der Waals surface area contributed by atoms with Crippen LogP contribution in [-0.4, -0.2) is 50.8 Å². The zero-order valence-electron chi connectivity index (χ0n) is 16.0. The fourth-order valence-corrected chi connectivity index (χ4v) is 3.71. The van der Waals surface area contributed by atoms with E-state index < -0.39 is 18.1 Å². The molecule has 3 rings (SSSR count). The number of ketones is 1. The lowest BCUT2D eigenvalue weighted by atomic mass is 9.94. The quantitative estimate of drug-likeness (QED) is 0.720. The number of rotatable bonds is 5. The maximum absolute atomic E-state index is 12.7. The van der Waals surface area contributed by atoms with Crippen LogP contribution in [0.15, 0.2) is 35.4 Å². The van der Waals surface area contributed by atoms with E-state index in [0.29, 0.717) is 30.3 Å². The zero-order valence-corrected chi connectivity index (χ0v) is 16.0. The van der Waals surface area contributed by atoms with Crippen LogP contribution in [0.1, 0.15) is 33.1 Å². The molecule has 0 saturated carbocycles. The molecule has 0 aliphatic carbocycles. The van der Waals surface area contributed by atoms with Gasteiger partial charge in [-0.15, -0.1) is 0 Å². The van der Waals surface area contributed by atoms with Gasteiger partial charge < -0.3 is 9.64 Å². The number of hydrogen-bond donors (Lipinski definition) is 0. The summed E-state index contributed by atoms with van der Waals surface area (Å²) in [6.07, 6.45) is 2.15. The van der Waals surface area contributed by atoms with Gasteiger partial charge in [-0.2, -0.15) is 0 Å². The average Bonchev–Trinajstić information content (AvgIpc) is 2.65. The fraction of sp³-hybridized carbons (Fsp3) is 0.450. The highest BCUT2D eigenvalue weighted by atomic mass is 16.5. The third-order valence-electron chi connectivity index (χ3n) is 4.95. The molecule has 0 spiro atoms. The number of nitrogens with zero attached hydrogens (tertiary/aromatic N) is 3. The summed E-state index contributed by atoms with van der Waals surface area (Å²) in [4.78, 5) is 54.5. The molecule has 1 amide bonds. The van der Waals surface area contributed by atoms with E-state index in [4.69, 9.17) is 4.74 Å². The minimum atomic E-state index is -0.523. The molecule has 1 unspecified atom stereocenters. The molecular weight excluding hydrogens is 362 g/mol. The standard InChI is InChI=1S/C20H23N3O5/c1-13(24)23-9-5-8-19(28-14(2)25)18(23)10-15(26)11-22-12-21-17-7-4-3-6-16(17)20(22)27/h3-4,6-7,12,18-19H,5,8-11H2,1-2H3/t18?,19-/m0/s1. The molecule has 8 heteroatoms. The van der Waals surface area contributed by atoms with Crippen LogP contribution in [0.4, 0.5) is 0 Å². The molecule has 148 valence electrons. The molecule has 2 heterocycles. The van der Waals surface area contributed by atoms with Gasteiger partial charge in [0.05, 0.1) is 29.8 Å². The Hall–Kier alpha value is -3.03. The summed E-state index contributed by atoms with van der Waals surface area (Å²) in [5, 5.41) is 0.443. The van der Waals surface area contributed by atoms with Gasteiger partial charge in [0, 0.05) is 26.8 Å². The highest BCUT2D eigenvalue weighted by Gasteiger charge is 2.36. The summed E-state index contributed by atoms with van der Waals surface area (Å²) >= 11 is 0.